The third kappa shape index (κ3) is 2.88. The molecule has 0 radical (unpaired) electrons. The lowest BCUT2D eigenvalue weighted by atomic mass is 9.99. The number of hydrogen-bond acceptors (Lipinski definition) is 4. The molecule has 0 nitrogen and oxygen atoms in total. The second kappa shape index (κ2) is 6.93. The van der Waals surface area contributed by atoms with Crippen LogP contribution in [-0.4, -0.2) is 0 Å². The first kappa shape index (κ1) is 16.7. The molecular weight excluding hydrogens is 495 g/mol. The number of rotatable bonds is 0. The number of benzene rings is 3. The van der Waals surface area contributed by atoms with Crippen LogP contribution in [0.25, 0.3) is 30.0 Å². The van der Waals surface area contributed by atoms with Crippen LogP contribution in [0.3, 0.4) is 0 Å². The van der Waals surface area contributed by atoms with Gasteiger partial charge >= 0.3 is 0 Å². The van der Waals surface area contributed by atoms with E-state index in [2.05, 4.69) is 86.7 Å². The minimum Gasteiger partial charge on any atom is -0.0895 e. The van der Waals surface area contributed by atoms with Crippen LogP contribution in [0.1, 0.15) is 0 Å². The van der Waals surface area contributed by atoms with Gasteiger partial charge < -0.3 is 0 Å². The maximum absolute atomic E-state index is 2.42. The summed E-state index contributed by atoms with van der Waals surface area (Å²) in [4.78, 5) is 0. The second-order valence-corrected chi connectivity index (χ2v) is 11.0. The van der Waals surface area contributed by atoms with Gasteiger partial charge in [-0.05, 0) is 77.9 Å². The molecule has 0 atom stereocenters. The highest BCUT2D eigenvalue weighted by molar-refractivity contribution is 14.1. The molecule has 0 aliphatic carbocycles. The van der Waals surface area contributed by atoms with Crippen molar-refractivity contribution in [1.29, 1.82) is 0 Å². The maximum Gasteiger partial charge on any atom is 0.0571 e. The first-order chi connectivity index (χ1) is 12.3. The van der Waals surface area contributed by atoms with Crippen molar-refractivity contribution in [2.75, 3.05) is 0 Å². The summed E-state index contributed by atoms with van der Waals surface area (Å²) in [6, 6.07) is 15.7. The fourth-order valence-corrected chi connectivity index (χ4v) is 7.58. The molecule has 3 aromatic carbocycles. The highest BCUT2D eigenvalue weighted by Crippen LogP contribution is 2.41. The molecule has 0 saturated carbocycles. The van der Waals surface area contributed by atoms with Gasteiger partial charge in [-0.25, -0.2) is 0 Å². The number of hydrogen-bond donors (Lipinski definition) is 0. The van der Waals surface area contributed by atoms with E-state index in [1.807, 2.05) is 47.0 Å². The Balaban J connectivity index is 2.12. The minimum absolute atomic E-state index is 1.28. The van der Waals surface area contributed by atoms with Crippen LogP contribution in [0, 0.1) is 3.57 Å². The van der Waals surface area contributed by atoms with Gasteiger partial charge in [-0.15, -0.1) is 0 Å². The third-order valence-corrected chi connectivity index (χ3v) is 9.14. The summed E-state index contributed by atoms with van der Waals surface area (Å²) < 4.78 is 4.04. The van der Waals surface area contributed by atoms with E-state index in [1.54, 1.807) is 0 Å². The van der Waals surface area contributed by atoms with E-state index in [1.165, 1.54) is 44.0 Å². The number of thioether (sulfide) groups is 4. The maximum atomic E-state index is 2.42. The van der Waals surface area contributed by atoms with Crippen molar-refractivity contribution in [3.05, 3.63) is 78.1 Å². The van der Waals surface area contributed by atoms with E-state index in [0.717, 1.165) is 0 Å². The molecule has 3 aromatic rings. The average molecular weight is 506 g/mol. The van der Waals surface area contributed by atoms with Crippen LogP contribution in [0.15, 0.2) is 64.1 Å². The molecule has 0 fully saturated rings. The highest BCUT2D eigenvalue weighted by Gasteiger charge is 2.15. The summed E-state index contributed by atoms with van der Waals surface area (Å²) in [6.45, 7) is 0. The molecule has 0 unspecified atom stereocenters. The van der Waals surface area contributed by atoms with E-state index < -0.39 is 0 Å². The van der Waals surface area contributed by atoms with Gasteiger partial charge in [-0.1, -0.05) is 77.4 Å². The lowest BCUT2D eigenvalue weighted by molar-refractivity contribution is 1.66. The summed E-state index contributed by atoms with van der Waals surface area (Å²) in [6.07, 6.45) is 0. The van der Waals surface area contributed by atoms with Crippen LogP contribution >= 0.6 is 69.6 Å². The van der Waals surface area contributed by atoms with E-state index >= 15 is 0 Å². The van der Waals surface area contributed by atoms with Crippen molar-refractivity contribution in [2.24, 2.45) is 0 Å². The van der Waals surface area contributed by atoms with Gasteiger partial charge in [0.05, 0.1) is 8.47 Å². The lowest BCUT2D eigenvalue weighted by Gasteiger charge is -2.11. The van der Waals surface area contributed by atoms with Crippen LogP contribution in [0.2, 0.25) is 0 Å². The monoisotopic (exact) mass is 506 g/mol. The zero-order valence-corrected chi connectivity index (χ0v) is 18.3. The van der Waals surface area contributed by atoms with Crippen molar-refractivity contribution in [3.8, 4) is 0 Å². The summed E-state index contributed by atoms with van der Waals surface area (Å²) in [5.74, 6) is 0. The molecule has 0 spiro atoms. The molecule has 25 heavy (non-hydrogen) atoms. The Hall–Kier alpha value is -0.470. The van der Waals surface area contributed by atoms with Gasteiger partial charge in [0.1, 0.15) is 0 Å². The molecule has 0 saturated heterocycles. The molecular formula is C20H11IS4. The Kier molecular flexibility index (Phi) is 4.62. The smallest absolute Gasteiger partial charge is 0.0571 e. The van der Waals surface area contributed by atoms with Crippen molar-refractivity contribution in [3.63, 3.8) is 0 Å². The Labute approximate surface area is 176 Å². The van der Waals surface area contributed by atoms with Crippen molar-refractivity contribution in [2.45, 2.75) is 0 Å². The van der Waals surface area contributed by atoms with Crippen LogP contribution < -0.4 is 10.4 Å². The molecule has 2 aliphatic rings. The summed E-state index contributed by atoms with van der Waals surface area (Å²) in [5.41, 5.74) is 0. The Morgan fingerprint density at radius 1 is 0.560 bits per heavy atom. The fraction of sp³-hybridized carbons (Fsp3) is 0. The van der Waals surface area contributed by atoms with Crippen LogP contribution in [0.4, 0.5) is 0 Å². The zero-order valence-electron chi connectivity index (χ0n) is 12.9. The Morgan fingerprint density at radius 3 is 1.60 bits per heavy atom. The molecule has 5 heteroatoms. The average Bonchev–Trinajstić information content (AvgIpc) is 3.33. The SMILES string of the molecule is Ic1ccc2c(=C3SC=CS3)c3ccccc3c(=C3SC=CS3)c2c1. The third-order valence-electron chi connectivity index (χ3n) is 4.21. The quantitative estimate of drug-likeness (QED) is 0.248. The van der Waals surface area contributed by atoms with Crippen molar-refractivity contribution in [1.82, 2.24) is 0 Å². The van der Waals surface area contributed by atoms with Crippen molar-refractivity contribution >= 4 is 99.7 Å². The Bertz CT molecular complexity index is 1190. The number of halogens is 1. The first-order valence-electron chi connectivity index (χ1n) is 7.68. The van der Waals surface area contributed by atoms with Gasteiger partial charge in [0.15, 0.2) is 0 Å². The van der Waals surface area contributed by atoms with E-state index in [-0.39, 0.29) is 0 Å². The number of fused-ring (bicyclic) bond motifs is 2. The molecule has 5 rings (SSSR count). The molecule has 0 N–H and O–H groups in total. The van der Waals surface area contributed by atoms with E-state index in [4.69, 9.17) is 0 Å². The molecule has 0 aromatic heterocycles. The topological polar surface area (TPSA) is 0 Å². The highest BCUT2D eigenvalue weighted by atomic mass is 127. The predicted molar refractivity (Wildman–Crippen MR) is 129 cm³/mol. The molecule has 2 heterocycles. The standard InChI is InChI=1S/C20H11IS4/c21-12-5-6-15-16(11-12)18(20-24-9-10-25-20)14-4-2-1-3-13(14)17(15)19-22-7-8-23-19/h1-11H. The predicted octanol–water partition coefficient (Wildman–Crippen LogP) is 6.63. The van der Waals surface area contributed by atoms with Crippen LogP contribution in [0.5, 0.6) is 0 Å². The van der Waals surface area contributed by atoms with E-state index in [0.29, 0.717) is 0 Å². The fourth-order valence-electron chi connectivity index (χ4n) is 3.24. The normalized spacial score (nSPS) is 16.7. The van der Waals surface area contributed by atoms with E-state index in [9.17, 15) is 0 Å². The van der Waals surface area contributed by atoms with Gasteiger partial charge in [-0.2, -0.15) is 0 Å². The zero-order chi connectivity index (χ0) is 16.8. The minimum atomic E-state index is 1.28. The van der Waals surface area contributed by atoms with Gasteiger partial charge in [0, 0.05) is 14.0 Å². The molecule has 0 bridgehead atoms. The summed E-state index contributed by atoms with van der Waals surface area (Å²) in [5, 5.41) is 16.9. The Morgan fingerprint density at radius 2 is 1.04 bits per heavy atom. The molecule has 2 aliphatic heterocycles. The van der Waals surface area contributed by atoms with Gasteiger partial charge in [0.2, 0.25) is 0 Å². The van der Waals surface area contributed by atoms with Gasteiger partial charge in [0.25, 0.3) is 0 Å². The first-order valence-corrected chi connectivity index (χ1v) is 12.3. The molecule has 122 valence electrons. The van der Waals surface area contributed by atoms with Gasteiger partial charge in [-0.3, -0.25) is 0 Å². The van der Waals surface area contributed by atoms with Crippen LogP contribution in [-0.2, 0) is 0 Å². The second-order valence-electron chi connectivity index (χ2n) is 5.58. The van der Waals surface area contributed by atoms with Crippen molar-refractivity contribution < 1.29 is 0 Å². The largest absolute Gasteiger partial charge is 0.0895 e. The lowest BCUT2D eigenvalue weighted by Crippen LogP contribution is -2.16. The molecule has 0 amide bonds. The summed E-state index contributed by atoms with van der Waals surface area (Å²) >= 11 is 9.77. The summed E-state index contributed by atoms with van der Waals surface area (Å²) in [7, 11) is 0.